The lowest BCUT2D eigenvalue weighted by Crippen LogP contribution is -2.14. The van der Waals surface area contributed by atoms with Crippen LogP contribution in [0.4, 0.5) is 4.39 Å². The maximum Gasteiger partial charge on any atom is 0.311 e. The van der Waals surface area contributed by atoms with Gasteiger partial charge in [-0.05, 0) is 25.8 Å². The number of carboxylic acid groups (broad SMARTS) is 1. The molecule has 1 rings (SSSR count). The lowest BCUT2D eigenvalue weighted by molar-refractivity contribution is -0.139. The van der Waals surface area contributed by atoms with Crippen LogP contribution in [0.1, 0.15) is 31.2 Å². The molecule has 0 aliphatic carbocycles. The molecule has 1 N–H and O–H groups in total. The van der Waals surface area contributed by atoms with Crippen LogP contribution in [0.5, 0.6) is 0 Å². The van der Waals surface area contributed by atoms with E-state index < -0.39 is 17.7 Å². The first-order valence-electron chi connectivity index (χ1n) is 5.71. The second-order valence-electron chi connectivity index (χ2n) is 3.75. The number of carboxylic acids is 1. The molecule has 0 spiro atoms. The van der Waals surface area contributed by atoms with E-state index in [9.17, 15) is 9.18 Å². The molecular formula is C13H17FO3. The van der Waals surface area contributed by atoms with E-state index in [2.05, 4.69) is 0 Å². The molecule has 0 aliphatic heterocycles. The monoisotopic (exact) mass is 240 g/mol. The molecule has 1 unspecified atom stereocenters. The molecule has 0 saturated carbocycles. The topological polar surface area (TPSA) is 46.5 Å². The number of rotatable bonds is 7. The molecule has 0 heterocycles. The summed E-state index contributed by atoms with van der Waals surface area (Å²) in [5, 5.41) is 9.10. The molecule has 4 heteroatoms. The average molecular weight is 240 g/mol. The molecule has 0 bridgehead atoms. The maximum absolute atomic E-state index is 13.5. The van der Waals surface area contributed by atoms with Crippen LogP contribution >= 0.6 is 0 Å². The summed E-state index contributed by atoms with van der Waals surface area (Å²) in [7, 11) is 0. The van der Waals surface area contributed by atoms with Gasteiger partial charge in [-0.15, -0.1) is 0 Å². The summed E-state index contributed by atoms with van der Waals surface area (Å²) in [5.74, 6) is -2.25. The molecule has 94 valence electrons. The summed E-state index contributed by atoms with van der Waals surface area (Å²) in [6.07, 6.45) is 0.995. The van der Waals surface area contributed by atoms with Crippen molar-refractivity contribution in [1.29, 1.82) is 0 Å². The maximum atomic E-state index is 13.5. The summed E-state index contributed by atoms with van der Waals surface area (Å²) < 4.78 is 18.6. The predicted molar refractivity (Wildman–Crippen MR) is 62.5 cm³/mol. The highest BCUT2D eigenvalue weighted by Crippen LogP contribution is 2.24. The van der Waals surface area contributed by atoms with Crippen LogP contribution in [0.2, 0.25) is 0 Å². The number of benzene rings is 1. The van der Waals surface area contributed by atoms with Gasteiger partial charge in [0.05, 0.1) is 5.92 Å². The number of hydrogen-bond donors (Lipinski definition) is 1. The van der Waals surface area contributed by atoms with Gasteiger partial charge in [0, 0.05) is 18.8 Å². The van der Waals surface area contributed by atoms with Crippen molar-refractivity contribution in [2.45, 2.75) is 25.7 Å². The van der Waals surface area contributed by atoms with E-state index in [-0.39, 0.29) is 5.56 Å². The highest BCUT2D eigenvalue weighted by atomic mass is 19.1. The molecule has 0 amide bonds. The van der Waals surface area contributed by atoms with E-state index in [1.807, 2.05) is 6.92 Å². The first kappa shape index (κ1) is 13.6. The van der Waals surface area contributed by atoms with Gasteiger partial charge < -0.3 is 9.84 Å². The molecule has 1 aromatic carbocycles. The number of ether oxygens (including phenoxy) is 1. The second-order valence-corrected chi connectivity index (χ2v) is 3.75. The highest BCUT2D eigenvalue weighted by molar-refractivity contribution is 5.76. The Morgan fingerprint density at radius 2 is 2.18 bits per heavy atom. The van der Waals surface area contributed by atoms with Crippen molar-refractivity contribution < 1.29 is 19.0 Å². The third kappa shape index (κ3) is 4.15. The highest BCUT2D eigenvalue weighted by Gasteiger charge is 2.22. The molecule has 1 aromatic rings. The zero-order valence-corrected chi connectivity index (χ0v) is 9.86. The van der Waals surface area contributed by atoms with Gasteiger partial charge >= 0.3 is 5.97 Å². The smallest absolute Gasteiger partial charge is 0.311 e. The zero-order chi connectivity index (χ0) is 12.7. The molecule has 1 atom stereocenters. The lowest BCUT2D eigenvalue weighted by atomic mass is 9.94. The number of aliphatic carboxylic acids is 1. The molecule has 0 aliphatic rings. The third-order valence-corrected chi connectivity index (χ3v) is 2.56. The fraction of sp³-hybridized carbons (Fsp3) is 0.462. The van der Waals surface area contributed by atoms with Crippen LogP contribution in [-0.2, 0) is 9.53 Å². The van der Waals surface area contributed by atoms with Crippen molar-refractivity contribution in [1.82, 2.24) is 0 Å². The fourth-order valence-electron chi connectivity index (χ4n) is 1.70. The molecule has 17 heavy (non-hydrogen) atoms. The molecule has 3 nitrogen and oxygen atoms in total. The molecule has 0 aromatic heterocycles. The van der Waals surface area contributed by atoms with Crippen molar-refractivity contribution in [3.8, 4) is 0 Å². The average Bonchev–Trinajstić information content (AvgIpc) is 2.30. The van der Waals surface area contributed by atoms with Crippen LogP contribution in [0, 0.1) is 5.82 Å². The van der Waals surface area contributed by atoms with Gasteiger partial charge in [-0.25, -0.2) is 4.39 Å². The standard InChI is InChI=1S/C13H17FO3/c1-2-17-9-5-7-11(13(15)16)10-6-3-4-8-12(10)14/h3-4,6,8,11H,2,5,7,9H2,1H3,(H,15,16). The zero-order valence-electron chi connectivity index (χ0n) is 9.86. The van der Waals surface area contributed by atoms with Crippen LogP contribution in [0.15, 0.2) is 24.3 Å². The van der Waals surface area contributed by atoms with Gasteiger partial charge in [0.15, 0.2) is 0 Å². The van der Waals surface area contributed by atoms with Crippen molar-refractivity contribution in [2.24, 2.45) is 0 Å². The minimum absolute atomic E-state index is 0.247. The first-order valence-corrected chi connectivity index (χ1v) is 5.71. The van der Waals surface area contributed by atoms with Crippen LogP contribution < -0.4 is 0 Å². The summed E-state index contributed by atoms with van der Waals surface area (Å²) >= 11 is 0. The van der Waals surface area contributed by atoms with Crippen molar-refractivity contribution in [2.75, 3.05) is 13.2 Å². The van der Waals surface area contributed by atoms with Crippen LogP contribution in [0.25, 0.3) is 0 Å². The normalized spacial score (nSPS) is 12.4. The predicted octanol–water partition coefficient (Wildman–Crippen LogP) is 2.81. The first-order chi connectivity index (χ1) is 8.16. The Hall–Kier alpha value is -1.42. The Bertz CT molecular complexity index is 365. The number of carbonyl (C=O) groups is 1. The Morgan fingerprint density at radius 3 is 2.76 bits per heavy atom. The van der Waals surface area contributed by atoms with Crippen molar-refractivity contribution in [3.05, 3.63) is 35.6 Å². The summed E-state index contributed by atoms with van der Waals surface area (Å²) in [6.45, 7) is 3.00. The Morgan fingerprint density at radius 1 is 1.47 bits per heavy atom. The van der Waals surface area contributed by atoms with Crippen molar-refractivity contribution >= 4 is 5.97 Å². The van der Waals surface area contributed by atoms with Gasteiger partial charge in [-0.3, -0.25) is 4.79 Å². The number of halogens is 1. The Labute approximate surface area is 100 Å². The van der Waals surface area contributed by atoms with E-state index in [1.165, 1.54) is 12.1 Å². The summed E-state index contributed by atoms with van der Waals surface area (Å²) in [5.41, 5.74) is 0.247. The van der Waals surface area contributed by atoms with Crippen LogP contribution in [-0.4, -0.2) is 24.3 Å². The Balaban J connectivity index is 2.66. The van der Waals surface area contributed by atoms with Crippen molar-refractivity contribution in [3.63, 3.8) is 0 Å². The molecular weight excluding hydrogens is 223 g/mol. The van der Waals surface area contributed by atoms with E-state index in [4.69, 9.17) is 9.84 Å². The minimum atomic E-state index is -0.994. The second kappa shape index (κ2) is 7.01. The van der Waals surface area contributed by atoms with Crippen LogP contribution in [0.3, 0.4) is 0 Å². The molecule has 0 saturated heterocycles. The fourth-order valence-corrected chi connectivity index (χ4v) is 1.70. The molecule has 0 fully saturated rings. The van der Waals surface area contributed by atoms with Gasteiger partial charge in [-0.2, -0.15) is 0 Å². The van der Waals surface area contributed by atoms with E-state index >= 15 is 0 Å². The largest absolute Gasteiger partial charge is 0.481 e. The quantitative estimate of drug-likeness (QED) is 0.745. The third-order valence-electron chi connectivity index (χ3n) is 2.56. The van der Waals surface area contributed by atoms with Gasteiger partial charge in [0.1, 0.15) is 5.82 Å². The lowest BCUT2D eigenvalue weighted by Gasteiger charge is -2.13. The van der Waals surface area contributed by atoms with Gasteiger partial charge in [0.2, 0.25) is 0 Å². The summed E-state index contributed by atoms with van der Waals surface area (Å²) in [4.78, 5) is 11.1. The Kier molecular flexibility index (Phi) is 5.63. The molecule has 0 radical (unpaired) electrons. The van der Waals surface area contributed by atoms with E-state index in [0.29, 0.717) is 26.1 Å². The van der Waals surface area contributed by atoms with Gasteiger partial charge in [0.25, 0.3) is 0 Å². The van der Waals surface area contributed by atoms with E-state index in [0.717, 1.165) is 0 Å². The number of hydrogen-bond acceptors (Lipinski definition) is 2. The van der Waals surface area contributed by atoms with E-state index in [1.54, 1.807) is 12.1 Å². The SMILES string of the molecule is CCOCCCC(C(=O)O)c1ccccc1F. The minimum Gasteiger partial charge on any atom is -0.481 e. The van der Waals surface area contributed by atoms with Gasteiger partial charge in [-0.1, -0.05) is 18.2 Å². The summed E-state index contributed by atoms with van der Waals surface area (Å²) in [6, 6.07) is 6.01.